The minimum Gasteiger partial charge on any atom is -0.381 e. The number of morpholine rings is 1. The van der Waals surface area contributed by atoms with Crippen molar-refractivity contribution in [1.29, 1.82) is 0 Å². The lowest BCUT2D eigenvalue weighted by molar-refractivity contribution is -0.0784. The number of rotatable bonds is 10. The summed E-state index contributed by atoms with van der Waals surface area (Å²) >= 11 is 0. The van der Waals surface area contributed by atoms with Crippen molar-refractivity contribution in [3.63, 3.8) is 0 Å². The molecule has 1 rings (SSSR count). The largest absolute Gasteiger partial charge is 0.381 e. The van der Waals surface area contributed by atoms with E-state index in [1.165, 1.54) is 36.0 Å². The Bertz CT molecular complexity index is 516. The highest BCUT2D eigenvalue weighted by Gasteiger charge is 2.29. The number of ether oxygens (including phenoxy) is 1. The van der Waals surface area contributed by atoms with E-state index in [9.17, 15) is 0 Å². The maximum Gasteiger partial charge on any atom is 0.140 e. The lowest BCUT2D eigenvalue weighted by Crippen LogP contribution is -2.50. The molecule has 0 radical (unpaired) electrons. The molecule has 1 aliphatic heterocycles. The Labute approximate surface area is 170 Å². The molecule has 1 fully saturated rings. The highest BCUT2D eigenvalue weighted by atomic mass is 16.5. The average molecular weight is 373 g/mol. The molecule has 1 aliphatic rings. The van der Waals surface area contributed by atoms with Crippen LogP contribution in [-0.4, -0.2) is 44.5 Å². The van der Waals surface area contributed by atoms with E-state index in [1.807, 2.05) is 0 Å². The van der Waals surface area contributed by atoms with Crippen LogP contribution in [0.5, 0.6) is 0 Å². The fraction of sp³-hybridized carbons (Fsp3) is 0.750. The molecular formula is C24H44BNO. The first kappa shape index (κ1) is 24.2. The van der Waals surface area contributed by atoms with Gasteiger partial charge >= 0.3 is 0 Å². The van der Waals surface area contributed by atoms with Gasteiger partial charge in [0, 0.05) is 25.6 Å². The fourth-order valence-corrected chi connectivity index (χ4v) is 3.57. The van der Waals surface area contributed by atoms with Crippen molar-refractivity contribution >= 4 is 7.85 Å². The van der Waals surface area contributed by atoms with Crippen LogP contribution in [0.3, 0.4) is 0 Å². The first-order valence-electron chi connectivity index (χ1n) is 11.0. The Morgan fingerprint density at radius 2 is 1.56 bits per heavy atom. The Hall–Kier alpha value is -0.795. The van der Waals surface area contributed by atoms with Gasteiger partial charge in [0.1, 0.15) is 7.85 Å². The number of allylic oxidation sites excluding steroid dienone is 5. The van der Waals surface area contributed by atoms with Gasteiger partial charge < -0.3 is 4.74 Å². The second-order valence-electron chi connectivity index (χ2n) is 9.27. The van der Waals surface area contributed by atoms with Crippen molar-refractivity contribution in [2.45, 2.75) is 86.3 Å². The third-order valence-corrected chi connectivity index (χ3v) is 5.82. The molecule has 2 nitrogen and oxygen atoms in total. The van der Waals surface area contributed by atoms with Crippen LogP contribution in [0.15, 0.2) is 34.9 Å². The summed E-state index contributed by atoms with van der Waals surface area (Å²) in [6.45, 7) is 19.0. The van der Waals surface area contributed by atoms with Crippen molar-refractivity contribution in [2.24, 2.45) is 11.8 Å². The number of hydrogen-bond acceptors (Lipinski definition) is 2. The molecule has 0 bridgehead atoms. The zero-order valence-corrected chi connectivity index (χ0v) is 19.3. The van der Waals surface area contributed by atoms with Gasteiger partial charge in [-0.3, -0.25) is 4.90 Å². The monoisotopic (exact) mass is 373 g/mol. The molecule has 0 amide bonds. The number of nitrogens with zero attached hydrogens (tertiary/aromatic N) is 1. The van der Waals surface area contributed by atoms with Gasteiger partial charge in [0.2, 0.25) is 0 Å². The summed E-state index contributed by atoms with van der Waals surface area (Å²) in [6, 6.07) is 0.338. The topological polar surface area (TPSA) is 12.5 Å². The average Bonchev–Trinajstić information content (AvgIpc) is 2.58. The van der Waals surface area contributed by atoms with Gasteiger partial charge in [0.25, 0.3) is 0 Å². The van der Waals surface area contributed by atoms with Crippen LogP contribution < -0.4 is 0 Å². The molecule has 0 aliphatic carbocycles. The van der Waals surface area contributed by atoms with Gasteiger partial charge in [-0.2, -0.15) is 0 Å². The molecule has 0 N–H and O–H groups in total. The van der Waals surface area contributed by atoms with Gasteiger partial charge in [0.15, 0.2) is 0 Å². The van der Waals surface area contributed by atoms with Crippen molar-refractivity contribution in [2.75, 3.05) is 19.6 Å². The molecule has 0 aromatic carbocycles. The first-order valence-corrected chi connectivity index (χ1v) is 11.0. The molecule has 1 saturated heterocycles. The molecule has 3 unspecified atom stereocenters. The van der Waals surface area contributed by atoms with E-state index >= 15 is 0 Å². The van der Waals surface area contributed by atoms with Crippen LogP contribution in [0.4, 0.5) is 0 Å². The van der Waals surface area contributed by atoms with Gasteiger partial charge in [-0.1, -0.05) is 55.7 Å². The molecule has 0 saturated carbocycles. The van der Waals surface area contributed by atoms with Crippen molar-refractivity contribution in [1.82, 2.24) is 4.90 Å². The number of hydrogen-bond donors (Lipinski definition) is 0. The summed E-state index contributed by atoms with van der Waals surface area (Å²) in [4.78, 5) is 2.57. The SMILES string of the molecule is BC1CN(C/C=C(\C)CC/C=C(\C)CCC=C(C)C)CC(C(C)C(C)C)O1. The van der Waals surface area contributed by atoms with E-state index < -0.39 is 0 Å². The van der Waals surface area contributed by atoms with E-state index in [2.05, 4.69) is 79.4 Å². The van der Waals surface area contributed by atoms with E-state index in [4.69, 9.17) is 4.74 Å². The zero-order valence-electron chi connectivity index (χ0n) is 19.3. The summed E-state index contributed by atoms with van der Waals surface area (Å²) in [5.41, 5.74) is 4.45. The molecule has 0 aromatic heterocycles. The molecule has 27 heavy (non-hydrogen) atoms. The lowest BCUT2D eigenvalue weighted by atomic mass is 9.88. The van der Waals surface area contributed by atoms with Gasteiger partial charge in [-0.25, -0.2) is 0 Å². The van der Waals surface area contributed by atoms with Crippen LogP contribution >= 0.6 is 0 Å². The predicted molar refractivity (Wildman–Crippen MR) is 123 cm³/mol. The van der Waals surface area contributed by atoms with Crippen molar-refractivity contribution in [3.05, 3.63) is 34.9 Å². The van der Waals surface area contributed by atoms with Gasteiger partial charge in [-0.05, 0) is 65.2 Å². The molecule has 3 heteroatoms. The molecule has 1 heterocycles. The van der Waals surface area contributed by atoms with Crippen LogP contribution in [0.25, 0.3) is 0 Å². The standard InChI is InChI=1S/C24H44BNO/c1-18(2)10-8-11-20(5)12-9-13-21(6)14-15-26-16-23(22(7)19(3)4)27-24(25)17-26/h10,12,14,19,22-24H,8-9,11,13,15-17,25H2,1-7H3/b20-12+,21-14+. The highest BCUT2D eigenvalue weighted by molar-refractivity contribution is 6.11. The second kappa shape index (κ2) is 12.6. The molecular weight excluding hydrogens is 329 g/mol. The third-order valence-electron chi connectivity index (χ3n) is 5.82. The summed E-state index contributed by atoms with van der Waals surface area (Å²) in [5.74, 6) is 1.28. The fourth-order valence-electron chi connectivity index (χ4n) is 3.57. The third kappa shape index (κ3) is 10.4. The van der Waals surface area contributed by atoms with Crippen LogP contribution in [0.2, 0.25) is 0 Å². The molecule has 0 spiro atoms. The van der Waals surface area contributed by atoms with Crippen LogP contribution in [-0.2, 0) is 4.74 Å². The minimum absolute atomic E-state index is 0.338. The second-order valence-corrected chi connectivity index (χ2v) is 9.27. The Morgan fingerprint density at radius 3 is 2.15 bits per heavy atom. The first-order chi connectivity index (χ1) is 12.7. The summed E-state index contributed by atoms with van der Waals surface area (Å²) in [7, 11) is 2.21. The van der Waals surface area contributed by atoms with E-state index in [1.54, 1.807) is 0 Å². The van der Waals surface area contributed by atoms with Crippen LogP contribution in [0, 0.1) is 11.8 Å². The maximum atomic E-state index is 6.21. The normalized spacial score (nSPS) is 23.6. The highest BCUT2D eigenvalue weighted by Crippen LogP contribution is 2.23. The summed E-state index contributed by atoms with van der Waals surface area (Å²) < 4.78 is 6.21. The smallest absolute Gasteiger partial charge is 0.140 e. The van der Waals surface area contributed by atoms with Gasteiger partial charge in [-0.15, -0.1) is 0 Å². The van der Waals surface area contributed by atoms with Crippen molar-refractivity contribution < 1.29 is 4.74 Å². The van der Waals surface area contributed by atoms with Gasteiger partial charge in [0.05, 0.1) is 6.10 Å². The molecule has 0 aromatic rings. The molecule has 154 valence electrons. The zero-order chi connectivity index (χ0) is 20.4. The molecule has 3 atom stereocenters. The quantitative estimate of drug-likeness (QED) is 0.378. The minimum atomic E-state index is 0.338. The predicted octanol–water partition coefficient (Wildman–Crippen LogP) is 5.36. The van der Waals surface area contributed by atoms with E-state index in [0.29, 0.717) is 23.9 Å². The maximum absolute atomic E-state index is 6.21. The van der Waals surface area contributed by atoms with E-state index in [-0.39, 0.29) is 0 Å². The lowest BCUT2D eigenvalue weighted by Gasteiger charge is -2.40. The summed E-state index contributed by atoms with van der Waals surface area (Å²) in [5, 5.41) is 0. The van der Waals surface area contributed by atoms with Crippen molar-refractivity contribution in [3.8, 4) is 0 Å². The Balaban J connectivity index is 2.41. The van der Waals surface area contributed by atoms with E-state index in [0.717, 1.165) is 26.1 Å². The van der Waals surface area contributed by atoms with Crippen LogP contribution in [0.1, 0.15) is 74.1 Å². The Kier molecular flexibility index (Phi) is 11.3. The summed E-state index contributed by atoms with van der Waals surface area (Å²) in [6.07, 6.45) is 12.3. The Morgan fingerprint density at radius 1 is 0.963 bits per heavy atom.